The van der Waals surface area contributed by atoms with E-state index in [1.54, 1.807) is 13.8 Å². The van der Waals surface area contributed by atoms with Crippen LogP contribution in [0.4, 0.5) is 0 Å². The fraction of sp³-hybridized carbons (Fsp3) is 0.308. The Morgan fingerprint density at radius 2 is 1.94 bits per heavy atom. The SMILES string of the molecule is CC(C(=O)O)C(C)c1nc(-c2ccccc2)no1. The topological polar surface area (TPSA) is 76.2 Å². The Labute approximate surface area is 104 Å². The van der Waals surface area contributed by atoms with E-state index in [1.807, 2.05) is 30.3 Å². The van der Waals surface area contributed by atoms with Gasteiger partial charge in [-0.2, -0.15) is 4.98 Å². The van der Waals surface area contributed by atoms with E-state index in [-0.39, 0.29) is 5.92 Å². The Kier molecular flexibility index (Phi) is 3.41. The molecule has 94 valence electrons. The van der Waals surface area contributed by atoms with Crippen molar-refractivity contribution in [3.63, 3.8) is 0 Å². The molecule has 0 spiro atoms. The first-order valence-electron chi connectivity index (χ1n) is 5.71. The second kappa shape index (κ2) is 5.00. The molecule has 1 aromatic carbocycles. The summed E-state index contributed by atoms with van der Waals surface area (Å²) in [6.45, 7) is 3.39. The van der Waals surface area contributed by atoms with Crippen molar-refractivity contribution in [3.05, 3.63) is 36.2 Å². The van der Waals surface area contributed by atoms with Crippen LogP contribution in [0.25, 0.3) is 11.4 Å². The van der Waals surface area contributed by atoms with Crippen molar-refractivity contribution in [2.75, 3.05) is 0 Å². The number of aliphatic carboxylic acids is 1. The maximum atomic E-state index is 10.9. The third-order valence-electron chi connectivity index (χ3n) is 3.00. The molecule has 0 fully saturated rings. The molecular formula is C13H14N2O3. The Morgan fingerprint density at radius 3 is 2.56 bits per heavy atom. The molecule has 1 aromatic heterocycles. The van der Waals surface area contributed by atoms with Crippen LogP contribution >= 0.6 is 0 Å². The molecule has 2 atom stereocenters. The zero-order valence-corrected chi connectivity index (χ0v) is 10.2. The van der Waals surface area contributed by atoms with Crippen LogP contribution in [0.15, 0.2) is 34.9 Å². The monoisotopic (exact) mass is 246 g/mol. The van der Waals surface area contributed by atoms with Gasteiger partial charge in [-0.3, -0.25) is 4.79 Å². The van der Waals surface area contributed by atoms with Gasteiger partial charge in [-0.15, -0.1) is 0 Å². The number of carbonyl (C=O) groups is 1. The number of carboxylic acid groups (broad SMARTS) is 1. The van der Waals surface area contributed by atoms with Gasteiger partial charge in [-0.25, -0.2) is 0 Å². The number of rotatable bonds is 4. The lowest BCUT2D eigenvalue weighted by molar-refractivity contribution is -0.141. The molecule has 18 heavy (non-hydrogen) atoms. The first-order valence-corrected chi connectivity index (χ1v) is 5.71. The van der Waals surface area contributed by atoms with E-state index in [9.17, 15) is 4.79 Å². The van der Waals surface area contributed by atoms with E-state index in [0.29, 0.717) is 11.7 Å². The van der Waals surface area contributed by atoms with Gasteiger partial charge < -0.3 is 9.63 Å². The van der Waals surface area contributed by atoms with Gasteiger partial charge in [-0.05, 0) is 0 Å². The lowest BCUT2D eigenvalue weighted by Gasteiger charge is -2.10. The molecule has 2 aromatic rings. The minimum absolute atomic E-state index is 0.313. The standard InChI is InChI=1S/C13H14N2O3/c1-8(9(2)13(16)17)12-14-11(15-18-12)10-6-4-3-5-7-10/h3-9H,1-2H3,(H,16,17). The van der Waals surface area contributed by atoms with Crippen molar-refractivity contribution in [2.45, 2.75) is 19.8 Å². The van der Waals surface area contributed by atoms with Gasteiger partial charge in [0.25, 0.3) is 0 Å². The number of hydrogen-bond acceptors (Lipinski definition) is 4. The minimum atomic E-state index is -0.873. The summed E-state index contributed by atoms with van der Waals surface area (Å²) < 4.78 is 5.13. The Hall–Kier alpha value is -2.17. The molecule has 1 heterocycles. The van der Waals surface area contributed by atoms with Gasteiger partial charge in [0.05, 0.1) is 5.92 Å². The van der Waals surface area contributed by atoms with Crippen LogP contribution in [0.2, 0.25) is 0 Å². The Balaban J connectivity index is 2.23. The van der Waals surface area contributed by atoms with Crippen LogP contribution in [-0.4, -0.2) is 21.2 Å². The van der Waals surface area contributed by atoms with Crippen LogP contribution in [0, 0.1) is 5.92 Å². The minimum Gasteiger partial charge on any atom is -0.481 e. The van der Waals surface area contributed by atoms with Crippen LogP contribution in [-0.2, 0) is 4.79 Å². The maximum absolute atomic E-state index is 10.9. The number of aromatic nitrogens is 2. The molecule has 0 saturated heterocycles. The summed E-state index contributed by atoms with van der Waals surface area (Å²) in [4.78, 5) is 15.1. The lowest BCUT2D eigenvalue weighted by Crippen LogP contribution is -2.16. The zero-order chi connectivity index (χ0) is 13.1. The van der Waals surface area contributed by atoms with Crippen molar-refractivity contribution in [1.29, 1.82) is 0 Å². The van der Waals surface area contributed by atoms with E-state index in [2.05, 4.69) is 10.1 Å². The zero-order valence-electron chi connectivity index (χ0n) is 10.2. The molecule has 5 nitrogen and oxygen atoms in total. The third kappa shape index (κ3) is 2.40. The van der Waals surface area contributed by atoms with Crippen LogP contribution < -0.4 is 0 Å². The van der Waals surface area contributed by atoms with Gasteiger partial charge in [0.2, 0.25) is 11.7 Å². The van der Waals surface area contributed by atoms with E-state index in [4.69, 9.17) is 9.63 Å². The maximum Gasteiger partial charge on any atom is 0.307 e. The van der Waals surface area contributed by atoms with E-state index >= 15 is 0 Å². The number of carboxylic acids is 1. The average molecular weight is 246 g/mol. The van der Waals surface area contributed by atoms with Gasteiger partial charge >= 0.3 is 5.97 Å². The third-order valence-corrected chi connectivity index (χ3v) is 3.00. The second-order valence-electron chi connectivity index (χ2n) is 4.24. The average Bonchev–Trinajstić information content (AvgIpc) is 2.87. The van der Waals surface area contributed by atoms with Crippen molar-refractivity contribution in [2.24, 2.45) is 5.92 Å². The normalized spacial score (nSPS) is 14.1. The summed E-state index contributed by atoms with van der Waals surface area (Å²) in [7, 11) is 0. The van der Waals surface area contributed by atoms with E-state index in [1.165, 1.54) is 0 Å². The molecule has 1 N–H and O–H groups in total. The first kappa shape index (κ1) is 12.3. The summed E-state index contributed by atoms with van der Waals surface area (Å²) in [6.07, 6.45) is 0. The molecule has 0 saturated carbocycles. The quantitative estimate of drug-likeness (QED) is 0.897. The summed E-state index contributed by atoms with van der Waals surface area (Å²) >= 11 is 0. The van der Waals surface area contributed by atoms with Crippen molar-refractivity contribution < 1.29 is 14.4 Å². The lowest BCUT2D eigenvalue weighted by atomic mass is 9.96. The molecule has 0 aliphatic heterocycles. The van der Waals surface area contributed by atoms with Gasteiger partial charge in [-0.1, -0.05) is 49.3 Å². The fourth-order valence-electron chi connectivity index (χ4n) is 1.55. The first-order chi connectivity index (χ1) is 8.59. The summed E-state index contributed by atoms with van der Waals surface area (Å²) in [6, 6.07) is 9.42. The van der Waals surface area contributed by atoms with Crippen LogP contribution in [0.1, 0.15) is 25.7 Å². The Morgan fingerprint density at radius 1 is 1.28 bits per heavy atom. The van der Waals surface area contributed by atoms with Crippen molar-refractivity contribution in [1.82, 2.24) is 10.1 Å². The predicted molar refractivity (Wildman–Crippen MR) is 64.9 cm³/mol. The van der Waals surface area contributed by atoms with E-state index < -0.39 is 11.9 Å². The number of nitrogens with zero attached hydrogens (tertiary/aromatic N) is 2. The second-order valence-corrected chi connectivity index (χ2v) is 4.24. The van der Waals surface area contributed by atoms with Crippen molar-refractivity contribution in [3.8, 4) is 11.4 Å². The summed E-state index contributed by atoms with van der Waals surface area (Å²) in [5.41, 5.74) is 0.850. The molecule has 0 amide bonds. The van der Waals surface area contributed by atoms with Gasteiger partial charge in [0.1, 0.15) is 0 Å². The highest BCUT2D eigenvalue weighted by Crippen LogP contribution is 2.25. The highest BCUT2D eigenvalue weighted by molar-refractivity contribution is 5.70. The van der Waals surface area contributed by atoms with Gasteiger partial charge in [0.15, 0.2) is 0 Å². The molecule has 5 heteroatoms. The molecule has 2 rings (SSSR count). The number of benzene rings is 1. The smallest absolute Gasteiger partial charge is 0.307 e. The highest BCUT2D eigenvalue weighted by Gasteiger charge is 2.26. The molecule has 0 aliphatic carbocycles. The Bertz CT molecular complexity index is 536. The summed E-state index contributed by atoms with van der Waals surface area (Å²) in [5.74, 6) is -0.915. The molecule has 0 radical (unpaired) electrons. The van der Waals surface area contributed by atoms with Crippen molar-refractivity contribution >= 4 is 5.97 Å². The van der Waals surface area contributed by atoms with E-state index in [0.717, 1.165) is 5.56 Å². The molecule has 2 unspecified atom stereocenters. The fourth-order valence-corrected chi connectivity index (χ4v) is 1.55. The highest BCUT2D eigenvalue weighted by atomic mass is 16.5. The predicted octanol–water partition coefficient (Wildman–Crippen LogP) is 2.56. The van der Waals surface area contributed by atoms with Gasteiger partial charge in [0, 0.05) is 11.5 Å². The number of hydrogen-bond donors (Lipinski definition) is 1. The molecular weight excluding hydrogens is 232 g/mol. The van der Waals surface area contributed by atoms with Crippen LogP contribution in [0.3, 0.4) is 0 Å². The summed E-state index contributed by atoms with van der Waals surface area (Å²) in [5, 5.41) is 12.8. The molecule has 0 aliphatic rings. The largest absolute Gasteiger partial charge is 0.481 e. The molecule has 0 bridgehead atoms. The van der Waals surface area contributed by atoms with Crippen LogP contribution in [0.5, 0.6) is 0 Å².